The van der Waals surface area contributed by atoms with Gasteiger partial charge in [-0.25, -0.2) is 0 Å². The standard InChI is InChI=1S/C20H31N3O2.2ClH/c21-11-5-15-25-18-9-13-22(14-10-18)20(24)19-8-4-12-23(19)16-17-6-2-1-3-7-17;;/h1-3,6-7,18-19H,4-5,8-16,21H2;2*1H. The first-order chi connectivity index (χ1) is 12.3. The number of benzene rings is 1. The van der Waals surface area contributed by atoms with Crippen LogP contribution in [0.15, 0.2) is 30.3 Å². The smallest absolute Gasteiger partial charge is 0.239 e. The van der Waals surface area contributed by atoms with Crippen molar-refractivity contribution in [3.63, 3.8) is 0 Å². The lowest BCUT2D eigenvalue weighted by molar-refractivity contribution is -0.138. The Kier molecular flexibility index (Phi) is 11.3. The van der Waals surface area contributed by atoms with Gasteiger partial charge in [0, 0.05) is 26.2 Å². The van der Waals surface area contributed by atoms with Crippen molar-refractivity contribution in [3.05, 3.63) is 35.9 Å². The van der Waals surface area contributed by atoms with Gasteiger partial charge in [-0.1, -0.05) is 30.3 Å². The first kappa shape index (κ1) is 24.2. The van der Waals surface area contributed by atoms with Crippen molar-refractivity contribution < 1.29 is 9.53 Å². The second kappa shape index (κ2) is 12.6. The predicted molar refractivity (Wildman–Crippen MR) is 114 cm³/mol. The summed E-state index contributed by atoms with van der Waals surface area (Å²) in [7, 11) is 0. The van der Waals surface area contributed by atoms with Crippen molar-refractivity contribution in [2.75, 3.05) is 32.8 Å². The number of hydrogen-bond donors (Lipinski definition) is 1. The minimum absolute atomic E-state index is 0. The molecule has 1 aromatic carbocycles. The molecule has 2 saturated heterocycles. The third kappa shape index (κ3) is 6.91. The highest BCUT2D eigenvalue weighted by molar-refractivity contribution is 5.85. The Labute approximate surface area is 175 Å². The minimum Gasteiger partial charge on any atom is -0.378 e. The van der Waals surface area contributed by atoms with Gasteiger partial charge in [0.15, 0.2) is 0 Å². The highest BCUT2D eigenvalue weighted by atomic mass is 35.5. The number of rotatable bonds is 7. The highest BCUT2D eigenvalue weighted by Crippen LogP contribution is 2.24. The molecule has 1 unspecified atom stereocenters. The SMILES string of the molecule is Cl.Cl.NCCCOC1CCN(C(=O)C2CCCN2Cc2ccccc2)CC1. The molecule has 0 bridgehead atoms. The molecule has 2 heterocycles. The molecule has 0 saturated carbocycles. The number of halogens is 2. The van der Waals surface area contributed by atoms with E-state index in [-0.39, 0.29) is 30.9 Å². The van der Waals surface area contributed by atoms with E-state index in [4.69, 9.17) is 10.5 Å². The highest BCUT2D eigenvalue weighted by Gasteiger charge is 2.35. The molecule has 1 amide bonds. The van der Waals surface area contributed by atoms with Crippen molar-refractivity contribution in [2.45, 2.75) is 50.8 Å². The van der Waals surface area contributed by atoms with Gasteiger partial charge in [-0.05, 0) is 50.8 Å². The maximum absolute atomic E-state index is 13.0. The molecule has 2 aliphatic rings. The summed E-state index contributed by atoms with van der Waals surface area (Å²) in [6.45, 7) is 4.95. The van der Waals surface area contributed by atoms with Crippen LogP contribution in [0.2, 0.25) is 0 Å². The van der Waals surface area contributed by atoms with Gasteiger partial charge >= 0.3 is 0 Å². The third-order valence-corrected chi connectivity index (χ3v) is 5.33. The van der Waals surface area contributed by atoms with Crippen molar-refractivity contribution >= 4 is 30.7 Å². The lowest BCUT2D eigenvalue weighted by atomic mass is 10.1. The summed E-state index contributed by atoms with van der Waals surface area (Å²) in [6.07, 6.45) is 5.19. The summed E-state index contributed by atoms with van der Waals surface area (Å²) in [5, 5.41) is 0. The van der Waals surface area contributed by atoms with Crippen LogP contribution in [-0.2, 0) is 16.1 Å². The largest absolute Gasteiger partial charge is 0.378 e. The number of nitrogens with two attached hydrogens (primary N) is 1. The van der Waals surface area contributed by atoms with Gasteiger partial charge in [-0.15, -0.1) is 24.8 Å². The molecule has 7 heteroatoms. The van der Waals surface area contributed by atoms with Crippen LogP contribution in [0.3, 0.4) is 0 Å². The normalized spacial score (nSPS) is 20.8. The Morgan fingerprint density at radius 3 is 2.44 bits per heavy atom. The molecule has 1 atom stereocenters. The van der Waals surface area contributed by atoms with Gasteiger partial charge < -0.3 is 15.4 Å². The van der Waals surface area contributed by atoms with E-state index in [1.54, 1.807) is 0 Å². The number of hydrogen-bond acceptors (Lipinski definition) is 4. The average Bonchev–Trinajstić information content (AvgIpc) is 3.11. The topological polar surface area (TPSA) is 58.8 Å². The van der Waals surface area contributed by atoms with E-state index >= 15 is 0 Å². The molecular formula is C20H33Cl2N3O2. The average molecular weight is 418 g/mol. The zero-order chi connectivity index (χ0) is 17.5. The summed E-state index contributed by atoms with van der Waals surface area (Å²) in [4.78, 5) is 17.4. The van der Waals surface area contributed by atoms with E-state index in [0.29, 0.717) is 18.6 Å². The summed E-state index contributed by atoms with van der Waals surface area (Å²) in [5.74, 6) is 0.314. The molecule has 0 radical (unpaired) electrons. The fourth-order valence-corrected chi connectivity index (χ4v) is 3.90. The third-order valence-electron chi connectivity index (χ3n) is 5.33. The van der Waals surface area contributed by atoms with Gasteiger partial charge in [-0.3, -0.25) is 9.69 Å². The molecule has 3 rings (SSSR count). The van der Waals surface area contributed by atoms with Crippen molar-refractivity contribution in [2.24, 2.45) is 5.73 Å². The van der Waals surface area contributed by atoms with Crippen LogP contribution in [0.4, 0.5) is 0 Å². The van der Waals surface area contributed by atoms with Crippen molar-refractivity contribution in [1.82, 2.24) is 9.80 Å². The van der Waals surface area contributed by atoms with Gasteiger partial charge in [0.1, 0.15) is 0 Å². The van der Waals surface area contributed by atoms with Gasteiger partial charge in [0.05, 0.1) is 12.1 Å². The second-order valence-electron chi connectivity index (χ2n) is 7.15. The molecule has 2 N–H and O–H groups in total. The Bertz CT molecular complexity index is 539. The number of piperidine rings is 1. The number of carbonyl (C=O) groups is 1. The van der Waals surface area contributed by atoms with E-state index in [9.17, 15) is 4.79 Å². The maximum Gasteiger partial charge on any atom is 0.239 e. The Hall–Kier alpha value is -0.850. The summed E-state index contributed by atoms with van der Waals surface area (Å²) >= 11 is 0. The molecular weight excluding hydrogens is 385 g/mol. The Balaban J connectivity index is 0.00000182. The van der Waals surface area contributed by atoms with Crippen molar-refractivity contribution in [3.8, 4) is 0 Å². The zero-order valence-electron chi connectivity index (χ0n) is 15.9. The number of likely N-dealkylation sites (tertiary alicyclic amines) is 2. The molecule has 0 aliphatic carbocycles. The fourth-order valence-electron chi connectivity index (χ4n) is 3.90. The molecule has 0 aromatic heterocycles. The second-order valence-corrected chi connectivity index (χ2v) is 7.15. The van der Waals surface area contributed by atoms with E-state index < -0.39 is 0 Å². The molecule has 1 aromatic rings. The van der Waals surface area contributed by atoms with E-state index in [0.717, 1.165) is 64.9 Å². The van der Waals surface area contributed by atoms with Crippen LogP contribution < -0.4 is 5.73 Å². The molecule has 2 fully saturated rings. The fraction of sp³-hybridized carbons (Fsp3) is 0.650. The number of carbonyl (C=O) groups excluding carboxylic acids is 1. The number of nitrogens with zero attached hydrogens (tertiary/aromatic N) is 2. The van der Waals surface area contributed by atoms with Gasteiger partial charge in [0.2, 0.25) is 5.91 Å². The van der Waals surface area contributed by atoms with E-state index in [1.165, 1.54) is 5.56 Å². The Morgan fingerprint density at radius 2 is 1.78 bits per heavy atom. The molecule has 27 heavy (non-hydrogen) atoms. The predicted octanol–water partition coefficient (Wildman–Crippen LogP) is 2.85. The molecule has 2 aliphatic heterocycles. The zero-order valence-corrected chi connectivity index (χ0v) is 17.6. The summed E-state index contributed by atoms with van der Waals surface area (Å²) in [5.41, 5.74) is 6.79. The maximum atomic E-state index is 13.0. The van der Waals surface area contributed by atoms with Gasteiger partial charge in [0.25, 0.3) is 0 Å². The first-order valence-electron chi connectivity index (χ1n) is 9.66. The molecule has 154 valence electrons. The minimum atomic E-state index is 0. The summed E-state index contributed by atoms with van der Waals surface area (Å²) < 4.78 is 5.85. The van der Waals surface area contributed by atoms with Gasteiger partial charge in [-0.2, -0.15) is 0 Å². The quantitative estimate of drug-likeness (QED) is 0.692. The van der Waals surface area contributed by atoms with Crippen LogP contribution in [-0.4, -0.2) is 60.6 Å². The number of ether oxygens (including phenoxy) is 1. The van der Waals surface area contributed by atoms with Crippen LogP contribution in [0.25, 0.3) is 0 Å². The first-order valence-corrected chi connectivity index (χ1v) is 9.66. The van der Waals surface area contributed by atoms with Crippen LogP contribution in [0, 0.1) is 0 Å². The number of amides is 1. The molecule has 0 spiro atoms. The van der Waals surface area contributed by atoms with E-state index in [2.05, 4.69) is 34.1 Å². The molecule has 5 nitrogen and oxygen atoms in total. The van der Waals surface area contributed by atoms with Crippen LogP contribution >= 0.6 is 24.8 Å². The lowest BCUT2D eigenvalue weighted by Crippen LogP contribution is -2.49. The monoisotopic (exact) mass is 417 g/mol. The van der Waals surface area contributed by atoms with Crippen molar-refractivity contribution in [1.29, 1.82) is 0 Å². The van der Waals surface area contributed by atoms with Crippen LogP contribution in [0.5, 0.6) is 0 Å². The Morgan fingerprint density at radius 1 is 1.07 bits per heavy atom. The lowest BCUT2D eigenvalue weighted by Gasteiger charge is -2.35. The van der Waals surface area contributed by atoms with Crippen LogP contribution in [0.1, 0.15) is 37.7 Å². The summed E-state index contributed by atoms with van der Waals surface area (Å²) in [6, 6.07) is 10.5. The van der Waals surface area contributed by atoms with E-state index in [1.807, 2.05) is 6.07 Å².